The van der Waals surface area contributed by atoms with E-state index in [1.807, 2.05) is 0 Å². The fraction of sp³-hybridized carbons (Fsp3) is 0.600. The standard InChI is InChI=1S/C15H23NO3S/c1-12-7-8-14(11-17)9-15(12)20(18,19)16(2)10-13-5-3-4-6-13/h7-9,13,17H,3-6,10-11H2,1-2H3. The molecule has 0 heterocycles. The molecule has 1 N–H and O–H groups in total. The Labute approximate surface area is 121 Å². The molecule has 5 heteroatoms. The lowest BCUT2D eigenvalue weighted by atomic mass is 10.1. The van der Waals surface area contributed by atoms with E-state index in [1.54, 1.807) is 32.2 Å². The Hall–Kier alpha value is -0.910. The van der Waals surface area contributed by atoms with E-state index in [0.29, 0.717) is 22.9 Å². The van der Waals surface area contributed by atoms with Gasteiger partial charge in [0, 0.05) is 13.6 Å². The van der Waals surface area contributed by atoms with Crippen molar-refractivity contribution in [2.75, 3.05) is 13.6 Å². The van der Waals surface area contributed by atoms with Gasteiger partial charge in [0.15, 0.2) is 0 Å². The van der Waals surface area contributed by atoms with Crippen molar-refractivity contribution in [2.45, 2.75) is 44.1 Å². The molecule has 1 saturated carbocycles. The molecule has 0 radical (unpaired) electrons. The summed E-state index contributed by atoms with van der Waals surface area (Å²) in [5.74, 6) is 0.483. The summed E-state index contributed by atoms with van der Waals surface area (Å²) < 4.78 is 26.8. The van der Waals surface area contributed by atoms with Crippen molar-refractivity contribution >= 4 is 10.0 Å². The predicted octanol–water partition coefficient (Wildman–Crippen LogP) is 2.30. The van der Waals surface area contributed by atoms with Crippen molar-refractivity contribution in [3.8, 4) is 0 Å². The highest BCUT2D eigenvalue weighted by atomic mass is 32.2. The van der Waals surface area contributed by atoms with Gasteiger partial charge < -0.3 is 5.11 Å². The maximum Gasteiger partial charge on any atom is 0.243 e. The second-order valence-corrected chi connectivity index (χ2v) is 7.71. The SMILES string of the molecule is Cc1ccc(CO)cc1S(=O)(=O)N(C)CC1CCCC1. The van der Waals surface area contributed by atoms with Gasteiger partial charge in [0.25, 0.3) is 0 Å². The fourth-order valence-corrected chi connectivity index (χ4v) is 4.36. The summed E-state index contributed by atoms with van der Waals surface area (Å²) >= 11 is 0. The van der Waals surface area contributed by atoms with Crippen LogP contribution in [0, 0.1) is 12.8 Å². The first-order valence-electron chi connectivity index (χ1n) is 7.12. The average molecular weight is 297 g/mol. The molecule has 112 valence electrons. The summed E-state index contributed by atoms with van der Waals surface area (Å²) in [5, 5.41) is 9.18. The van der Waals surface area contributed by atoms with Crippen molar-refractivity contribution in [1.82, 2.24) is 4.31 Å². The first-order chi connectivity index (χ1) is 9.45. The summed E-state index contributed by atoms with van der Waals surface area (Å²) in [6.45, 7) is 2.23. The number of sulfonamides is 1. The number of benzene rings is 1. The zero-order chi connectivity index (χ0) is 14.8. The maximum absolute atomic E-state index is 12.7. The molecule has 4 nitrogen and oxygen atoms in total. The zero-order valence-corrected chi connectivity index (χ0v) is 13.0. The Kier molecular flexibility index (Phi) is 4.83. The first kappa shape index (κ1) is 15.5. The summed E-state index contributed by atoms with van der Waals surface area (Å²) in [5.41, 5.74) is 1.35. The van der Waals surface area contributed by atoms with Crippen LogP contribution in [0.4, 0.5) is 0 Å². The Morgan fingerprint density at radius 3 is 2.55 bits per heavy atom. The molecule has 0 unspecified atom stereocenters. The largest absolute Gasteiger partial charge is 0.392 e. The lowest BCUT2D eigenvalue weighted by Gasteiger charge is -2.22. The molecule has 1 aliphatic carbocycles. The normalized spacial score (nSPS) is 17.0. The van der Waals surface area contributed by atoms with Crippen molar-refractivity contribution in [2.24, 2.45) is 5.92 Å². The monoisotopic (exact) mass is 297 g/mol. The Morgan fingerprint density at radius 2 is 1.95 bits per heavy atom. The quantitative estimate of drug-likeness (QED) is 0.907. The third-order valence-corrected chi connectivity index (χ3v) is 6.08. The molecule has 1 aromatic carbocycles. The van der Waals surface area contributed by atoms with Crippen LogP contribution in [-0.4, -0.2) is 31.4 Å². The van der Waals surface area contributed by atoms with Crippen LogP contribution in [0.15, 0.2) is 23.1 Å². The smallest absolute Gasteiger partial charge is 0.243 e. The van der Waals surface area contributed by atoms with E-state index in [0.717, 1.165) is 18.4 Å². The summed E-state index contributed by atoms with van der Waals surface area (Å²) in [6, 6.07) is 5.09. The van der Waals surface area contributed by atoms with Crippen LogP contribution >= 0.6 is 0 Å². The maximum atomic E-state index is 12.7. The highest BCUT2D eigenvalue weighted by Gasteiger charge is 2.26. The van der Waals surface area contributed by atoms with Crippen LogP contribution in [-0.2, 0) is 16.6 Å². The van der Waals surface area contributed by atoms with Crippen LogP contribution in [0.25, 0.3) is 0 Å². The minimum Gasteiger partial charge on any atom is -0.392 e. The van der Waals surface area contributed by atoms with Crippen molar-refractivity contribution in [1.29, 1.82) is 0 Å². The van der Waals surface area contributed by atoms with Crippen LogP contribution in [0.3, 0.4) is 0 Å². The number of nitrogens with zero attached hydrogens (tertiary/aromatic N) is 1. The highest BCUT2D eigenvalue weighted by molar-refractivity contribution is 7.89. The molecule has 1 aliphatic rings. The number of rotatable bonds is 5. The summed E-state index contributed by atoms with van der Waals surface area (Å²) in [6.07, 6.45) is 4.65. The minimum absolute atomic E-state index is 0.144. The van der Waals surface area contributed by atoms with Gasteiger partial charge in [-0.15, -0.1) is 0 Å². The molecule has 0 bridgehead atoms. The van der Waals surface area contributed by atoms with Crippen molar-refractivity contribution < 1.29 is 13.5 Å². The van der Waals surface area contributed by atoms with Crippen LogP contribution in [0.2, 0.25) is 0 Å². The molecule has 0 aromatic heterocycles. The number of aliphatic hydroxyl groups excluding tert-OH is 1. The lowest BCUT2D eigenvalue weighted by Crippen LogP contribution is -2.31. The number of aliphatic hydroxyl groups is 1. The molecule has 0 amide bonds. The van der Waals surface area contributed by atoms with Gasteiger partial charge in [-0.1, -0.05) is 25.0 Å². The fourth-order valence-electron chi connectivity index (χ4n) is 2.84. The van der Waals surface area contributed by atoms with Crippen LogP contribution in [0.5, 0.6) is 0 Å². The first-order valence-corrected chi connectivity index (χ1v) is 8.56. The molecule has 0 aliphatic heterocycles. The topological polar surface area (TPSA) is 57.6 Å². The van der Waals surface area contributed by atoms with E-state index in [-0.39, 0.29) is 6.61 Å². The predicted molar refractivity (Wildman–Crippen MR) is 78.9 cm³/mol. The van der Waals surface area contributed by atoms with E-state index >= 15 is 0 Å². The summed E-state index contributed by atoms with van der Waals surface area (Å²) in [4.78, 5) is 0.310. The van der Waals surface area contributed by atoms with E-state index in [2.05, 4.69) is 0 Å². The second-order valence-electron chi connectivity index (χ2n) is 5.69. The molecule has 0 atom stereocenters. The molecule has 0 spiro atoms. The van der Waals surface area contributed by atoms with Gasteiger partial charge in [0.05, 0.1) is 11.5 Å². The van der Waals surface area contributed by atoms with Crippen LogP contribution in [0.1, 0.15) is 36.8 Å². The van der Waals surface area contributed by atoms with Gasteiger partial charge in [0.2, 0.25) is 10.0 Å². The van der Waals surface area contributed by atoms with Gasteiger partial charge in [0.1, 0.15) is 0 Å². The second kappa shape index (κ2) is 6.24. The third-order valence-electron chi connectivity index (χ3n) is 4.11. The molecule has 2 rings (SSSR count). The van der Waals surface area contributed by atoms with Crippen molar-refractivity contribution in [3.05, 3.63) is 29.3 Å². The Bertz CT molecular complexity index is 562. The summed E-state index contributed by atoms with van der Waals surface area (Å²) in [7, 11) is -1.82. The van der Waals surface area contributed by atoms with E-state index in [1.165, 1.54) is 17.1 Å². The van der Waals surface area contributed by atoms with E-state index in [4.69, 9.17) is 0 Å². The number of hydrogen-bond donors (Lipinski definition) is 1. The molecule has 0 saturated heterocycles. The van der Waals surface area contributed by atoms with E-state index in [9.17, 15) is 13.5 Å². The van der Waals surface area contributed by atoms with Gasteiger partial charge >= 0.3 is 0 Å². The van der Waals surface area contributed by atoms with Crippen molar-refractivity contribution in [3.63, 3.8) is 0 Å². The lowest BCUT2D eigenvalue weighted by molar-refractivity contribution is 0.281. The van der Waals surface area contributed by atoms with Crippen LogP contribution < -0.4 is 0 Å². The molecular formula is C15H23NO3S. The minimum atomic E-state index is -3.47. The Balaban J connectivity index is 2.24. The highest BCUT2D eigenvalue weighted by Crippen LogP contribution is 2.28. The third kappa shape index (κ3) is 3.22. The van der Waals surface area contributed by atoms with Gasteiger partial charge in [-0.2, -0.15) is 0 Å². The van der Waals surface area contributed by atoms with E-state index < -0.39 is 10.0 Å². The molecule has 1 fully saturated rings. The number of hydrogen-bond acceptors (Lipinski definition) is 3. The molecule has 1 aromatic rings. The van der Waals surface area contributed by atoms with Gasteiger partial charge in [-0.05, 0) is 42.9 Å². The number of aryl methyl sites for hydroxylation is 1. The van der Waals surface area contributed by atoms with Gasteiger partial charge in [-0.3, -0.25) is 0 Å². The Morgan fingerprint density at radius 1 is 1.30 bits per heavy atom. The zero-order valence-electron chi connectivity index (χ0n) is 12.2. The molecular weight excluding hydrogens is 274 g/mol. The average Bonchev–Trinajstić information content (AvgIpc) is 2.92. The van der Waals surface area contributed by atoms with Gasteiger partial charge in [-0.25, -0.2) is 12.7 Å². The molecule has 20 heavy (non-hydrogen) atoms.